The molecule has 0 N–H and O–H groups in total. The van der Waals surface area contributed by atoms with E-state index in [4.69, 9.17) is 13.9 Å². The van der Waals surface area contributed by atoms with E-state index in [2.05, 4.69) is 0 Å². The van der Waals surface area contributed by atoms with Crippen LogP contribution in [-0.4, -0.2) is 19.1 Å². The highest BCUT2D eigenvalue weighted by atomic mass is 19.1. The van der Waals surface area contributed by atoms with Gasteiger partial charge in [-0.05, 0) is 74.4 Å². The van der Waals surface area contributed by atoms with Crippen molar-refractivity contribution in [1.29, 1.82) is 0 Å². The molecule has 0 fully saturated rings. The van der Waals surface area contributed by atoms with Gasteiger partial charge in [-0.3, -0.25) is 14.5 Å². The molecule has 4 aromatic rings. The van der Waals surface area contributed by atoms with Crippen molar-refractivity contribution in [3.05, 3.63) is 99.2 Å². The van der Waals surface area contributed by atoms with Gasteiger partial charge in [0, 0.05) is 5.69 Å². The summed E-state index contributed by atoms with van der Waals surface area (Å²) in [5.74, 6) is 0.192. The molecule has 7 heteroatoms. The van der Waals surface area contributed by atoms with Crippen molar-refractivity contribution in [2.45, 2.75) is 33.2 Å². The number of benzene rings is 3. The fourth-order valence-corrected chi connectivity index (χ4v) is 4.56. The Morgan fingerprint density at radius 1 is 0.944 bits per heavy atom. The Bertz CT molecular complexity index is 1510. The van der Waals surface area contributed by atoms with Gasteiger partial charge in [0.2, 0.25) is 5.76 Å². The molecule has 2 heterocycles. The number of hydrogen-bond acceptors (Lipinski definition) is 5. The Labute approximate surface area is 207 Å². The quantitative estimate of drug-likeness (QED) is 0.311. The van der Waals surface area contributed by atoms with Gasteiger partial charge in [0.1, 0.15) is 11.4 Å². The van der Waals surface area contributed by atoms with Crippen LogP contribution in [0.3, 0.4) is 0 Å². The van der Waals surface area contributed by atoms with E-state index in [9.17, 15) is 14.0 Å². The summed E-state index contributed by atoms with van der Waals surface area (Å²) in [5, 5.41) is 0.403. The summed E-state index contributed by atoms with van der Waals surface area (Å²) in [6.45, 7) is 6.73. The molecule has 184 valence electrons. The zero-order valence-electron chi connectivity index (χ0n) is 20.3. The fourth-order valence-electron chi connectivity index (χ4n) is 4.56. The third kappa shape index (κ3) is 4.00. The van der Waals surface area contributed by atoms with Crippen molar-refractivity contribution < 1.29 is 23.1 Å². The summed E-state index contributed by atoms with van der Waals surface area (Å²) in [6.07, 6.45) is 0.837. The first kappa shape index (κ1) is 23.6. The van der Waals surface area contributed by atoms with Gasteiger partial charge in [-0.2, -0.15) is 0 Å². The second-order valence-electron chi connectivity index (χ2n) is 8.72. The van der Waals surface area contributed by atoms with Crippen molar-refractivity contribution in [2.75, 3.05) is 18.1 Å². The third-order valence-electron chi connectivity index (χ3n) is 6.18. The van der Waals surface area contributed by atoms with E-state index in [1.165, 1.54) is 29.2 Å². The Morgan fingerprint density at radius 2 is 1.72 bits per heavy atom. The van der Waals surface area contributed by atoms with E-state index in [0.29, 0.717) is 46.9 Å². The van der Waals surface area contributed by atoms with Gasteiger partial charge in [0.25, 0.3) is 5.91 Å². The largest absolute Gasteiger partial charge is 0.490 e. The average Bonchev–Trinajstić information content (AvgIpc) is 3.17. The van der Waals surface area contributed by atoms with Crippen molar-refractivity contribution in [2.24, 2.45) is 0 Å². The Kier molecular flexibility index (Phi) is 6.22. The lowest BCUT2D eigenvalue weighted by Gasteiger charge is -2.26. The number of amides is 1. The average molecular weight is 488 g/mol. The van der Waals surface area contributed by atoms with Gasteiger partial charge in [-0.15, -0.1) is 0 Å². The maximum atomic E-state index is 13.8. The summed E-state index contributed by atoms with van der Waals surface area (Å²) < 4.78 is 31.4. The Hall–Kier alpha value is -4.13. The maximum absolute atomic E-state index is 13.8. The SMILES string of the molecule is CCCOc1ccc(C2c3c(oc4ccc(C)cc4c3=O)C(=O)N2c2ccc(F)cc2)cc1OCC. The topological polar surface area (TPSA) is 69.0 Å². The van der Waals surface area contributed by atoms with Gasteiger partial charge in [0.15, 0.2) is 16.9 Å². The maximum Gasteiger partial charge on any atom is 0.295 e. The van der Waals surface area contributed by atoms with Crippen LogP contribution in [0.15, 0.2) is 69.9 Å². The second-order valence-corrected chi connectivity index (χ2v) is 8.72. The van der Waals surface area contributed by atoms with Crippen LogP contribution >= 0.6 is 0 Å². The molecule has 5 rings (SSSR count). The summed E-state index contributed by atoms with van der Waals surface area (Å²) in [5.41, 5.74) is 2.31. The molecule has 1 aliphatic heterocycles. The zero-order chi connectivity index (χ0) is 25.4. The van der Waals surface area contributed by atoms with Crippen LogP contribution in [0.2, 0.25) is 0 Å². The van der Waals surface area contributed by atoms with E-state index in [1.807, 2.05) is 32.9 Å². The van der Waals surface area contributed by atoms with E-state index in [1.54, 1.807) is 24.3 Å². The first-order valence-corrected chi connectivity index (χ1v) is 12.0. The van der Waals surface area contributed by atoms with Crippen LogP contribution in [0.1, 0.15) is 53.6 Å². The standard InChI is InChI=1S/C29H26FNO5/c1-4-14-35-23-13-7-18(16-24(23)34-5-2)26-25-27(32)21-15-17(3)6-12-22(21)36-28(25)29(33)31(26)20-10-8-19(30)9-11-20/h6-13,15-16,26H,4-5,14H2,1-3H3. The number of nitrogens with zero attached hydrogens (tertiary/aromatic N) is 1. The van der Waals surface area contributed by atoms with Crippen molar-refractivity contribution >= 4 is 22.6 Å². The molecule has 0 aliphatic carbocycles. The van der Waals surface area contributed by atoms with Gasteiger partial charge >= 0.3 is 0 Å². The number of halogens is 1. The number of hydrogen-bond donors (Lipinski definition) is 0. The number of rotatable bonds is 7. The molecule has 36 heavy (non-hydrogen) atoms. The van der Waals surface area contributed by atoms with Crippen LogP contribution < -0.4 is 19.8 Å². The van der Waals surface area contributed by atoms with Gasteiger partial charge in [0.05, 0.1) is 30.2 Å². The highest BCUT2D eigenvalue weighted by molar-refractivity contribution is 6.10. The van der Waals surface area contributed by atoms with Crippen molar-refractivity contribution in [3.8, 4) is 11.5 Å². The Balaban J connectivity index is 1.75. The third-order valence-corrected chi connectivity index (χ3v) is 6.18. The minimum absolute atomic E-state index is 0.0186. The number of carbonyl (C=O) groups is 1. The molecule has 3 aromatic carbocycles. The van der Waals surface area contributed by atoms with Crippen LogP contribution in [0.4, 0.5) is 10.1 Å². The number of ether oxygens (including phenoxy) is 2. The lowest BCUT2D eigenvalue weighted by molar-refractivity contribution is 0.0971. The molecule has 6 nitrogen and oxygen atoms in total. The van der Waals surface area contributed by atoms with Gasteiger partial charge < -0.3 is 13.9 Å². The molecule has 1 atom stereocenters. The molecule has 0 radical (unpaired) electrons. The normalized spacial score (nSPS) is 14.8. The molecule has 0 saturated heterocycles. The molecule has 0 spiro atoms. The number of carbonyl (C=O) groups excluding carboxylic acids is 1. The zero-order valence-corrected chi connectivity index (χ0v) is 20.3. The molecular weight excluding hydrogens is 461 g/mol. The van der Waals surface area contributed by atoms with E-state index >= 15 is 0 Å². The van der Waals surface area contributed by atoms with Crippen molar-refractivity contribution in [1.82, 2.24) is 0 Å². The van der Waals surface area contributed by atoms with Crippen LogP contribution in [-0.2, 0) is 0 Å². The van der Waals surface area contributed by atoms with Crippen LogP contribution in [0, 0.1) is 12.7 Å². The van der Waals surface area contributed by atoms with Gasteiger partial charge in [-0.25, -0.2) is 4.39 Å². The molecule has 0 bridgehead atoms. The number of anilines is 1. The smallest absolute Gasteiger partial charge is 0.295 e. The van der Waals surface area contributed by atoms with E-state index in [0.717, 1.165) is 12.0 Å². The van der Waals surface area contributed by atoms with Gasteiger partial charge in [-0.1, -0.05) is 24.6 Å². The second kappa shape index (κ2) is 9.49. The first-order valence-electron chi connectivity index (χ1n) is 12.0. The molecule has 1 aromatic heterocycles. The molecular formula is C29H26FNO5. The van der Waals surface area contributed by atoms with E-state index < -0.39 is 17.8 Å². The fraction of sp³-hybridized carbons (Fsp3) is 0.241. The molecule has 1 aliphatic rings. The Morgan fingerprint density at radius 3 is 2.44 bits per heavy atom. The first-order chi connectivity index (χ1) is 17.4. The predicted molar refractivity (Wildman–Crippen MR) is 136 cm³/mol. The number of fused-ring (bicyclic) bond motifs is 2. The summed E-state index contributed by atoms with van der Waals surface area (Å²) in [4.78, 5) is 29.0. The summed E-state index contributed by atoms with van der Waals surface area (Å²) >= 11 is 0. The number of aryl methyl sites for hydroxylation is 1. The van der Waals surface area contributed by atoms with Crippen LogP contribution in [0.5, 0.6) is 11.5 Å². The van der Waals surface area contributed by atoms with E-state index in [-0.39, 0.29) is 16.8 Å². The predicted octanol–water partition coefficient (Wildman–Crippen LogP) is 6.18. The lowest BCUT2D eigenvalue weighted by atomic mass is 9.97. The summed E-state index contributed by atoms with van der Waals surface area (Å²) in [7, 11) is 0. The van der Waals surface area contributed by atoms with Crippen molar-refractivity contribution in [3.63, 3.8) is 0 Å². The molecule has 1 unspecified atom stereocenters. The highest BCUT2D eigenvalue weighted by Gasteiger charge is 2.44. The lowest BCUT2D eigenvalue weighted by Crippen LogP contribution is -2.29. The van der Waals surface area contributed by atoms with Crippen LogP contribution in [0.25, 0.3) is 11.0 Å². The molecule has 0 saturated carbocycles. The summed E-state index contributed by atoms with van der Waals surface area (Å²) in [6, 6.07) is 15.5. The minimum Gasteiger partial charge on any atom is -0.490 e. The monoisotopic (exact) mass is 487 g/mol. The molecule has 1 amide bonds. The minimum atomic E-state index is -0.793. The highest BCUT2D eigenvalue weighted by Crippen LogP contribution is 2.43.